The van der Waals surface area contributed by atoms with Gasteiger partial charge in [0.2, 0.25) is 0 Å². The minimum atomic E-state index is -0.434. The summed E-state index contributed by atoms with van der Waals surface area (Å²) in [5, 5.41) is 9.75. The fourth-order valence-electron chi connectivity index (χ4n) is 3.18. The average Bonchev–Trinajstić information content (AvgIpc) is 3.43. The normalized spacial score (nSPS) is 11.1. The molecule has 0 atom stereocenters. The van der Waals surface area contributed by atoms with Gasteiger partial charge in [-0.1, -0.05) is 42.5 Å². The van der Waals surface area contributed by atoms with E-state index in [1.165, 1.54) is 11.3 Å². The zero-order valence-electron chi connectivity index (χ0n) is 14.7. The van der Waals surface area contributed by atoms with Crippen molar-refractivity contribution in [3.63, 3.8) is 0 Å². The molecule has 0 spiro atoms. The van der Waals surface area contributed by atoms with Crippen molar-refractivity contribution < 1.29 is 9.53 Å². The molecule has 5 aromatic rings. The Hall–Kier alpha value is -3.09. The van der Waals surface area contributed by atoms with E-state index in [1.54, 1.807) is 16.7 Å². The summed E-state index contributed by atoms with van der Waals surface area (Å²) in [5.41, 5.74) is 2.99. The summed E-state index contributed by atoms with van der Waals surface area (Å²) in [6.45, 7) is 0.107. The van der Waals surface area contributed by atoms with E-state index in [-0.39, 0.29) is 6.61 Å². The smallest absolute Gasteiger partial charge is 0.358 e. The molecular weight excluding hydrogens is 388 g/mol. The molecule has 5 rings (SSSR count). The third-order valence-electron chi connectivity index (χ3n) is 4.51. The molecule has 0 saturated carbocycles. The minimum absolute atomic E-state index is 0.107. The molecule has 2 aromatic carbocycles. The molecule has 0 fully saturated rings. The number of esters is 1. The molecule has 0 amide bonds. The van der Waals surface area contributed by atoms with E-state index >= 15 is 0 Å². The molecule has 0 unspecified atom stereocenters. The number of hydrogen-bond donors (Lipinski definition) is 0. The minimum Gasteiger partial charge on any atom is -0.454 e. The van der Waals surface area contributed by atoms with Crippen LogP contribution in [0.15, 0.2) is 70.7 Å². The lowest BCUT2D eigenvalue weighted by Gasteiger charge is -2.09. The Morgan fingerprint density at radius 2 is 1.68 bits per heavy atom. The van der Waals surface area contributed by atoms with E-state index in [1.807, 2.05) is 53.2 Å². The maximum Gasteiger partial charge on any atom is 0.358 e. The number of rotatable bonds is 4. The van der Waals surface area contributed by atoms with Crippen molar-refractivity contribution in [1.29, 1.82) is 0 Å². The first kappa shape index (κ1) is 17.0. The number of benzene rings is 2. The second-order valence-electron chi connectivity index (χ2n) is 6.25. The van der Waals surface area contributed by atoms with E-state index < -0.39 is 5.97 Å². The van der Waals surface area contributed by atoms with Gasteiger partial charge in [0.1, 0.15) is 11.6 Å². The number of pyridine rings is 1. The summed E-state index contributed by atoms with van der Waals surface area (Å²) in [4.78, 5) is 21.6. The second kappa shape index (κ2) is 7.14. The van der Waals surface area contributed by atoms with Crippen LogP contribution in [0.5, 0.6) is 0 Å². The van der Waals surface area contributed by atoms with E-state index in [9.17, 15) is 4.79 Å². The van der Waals surface area contributed by atoms with Crippen LogP contribution in [0.1, 0.15) is 16.2 Å². The largest absolute Gasteiger partial charge is 0.454 e. The van der Waals surface area contributed by atoms with Gasteiger partial charge >= 0.3 is 5.97 Å². The summed E-state index contributed by atoms with van der Waals surface area (Å²) in [5.74, 6) is -0.434. The lowest BCUT2D eigenvalue weighted by Crippen LogP contribution is -2.07. The number of thiophene rings is 1. The second-order valence-corrected chi connectivity index (χ2v) is 7.89. The highest BCUT2D eigenvalue weighted by Gasteiger charge is 2.15. The predicted octanol–water partition coefficient (Wildman–Crippen LogP) is 5.93. The molecule has 0 aliphatic heterocycles. The fraction of sp³-hybridized carbons (Fsp3) is 0.0455. The zero-order chi connectivity index (χ0) is 18.9. The van der Waals surface area contributed by atoms with Crippen molar-refractivity contribution in [2.75, 3.05) is 0 Å². The molecular formula is C22H14N2O2S2. The number of ether oxygens (including phenoxy) is 1. The first-order valence-corrected chi connectivity index (χ1v) is 10.5. The number of carbonyl (C=O) groups excluding carboxylic acids is 1. The lowest BCUT2D eigenvalue weighted by atomic mass is 10.0. The monoisotopic (exact) mass is 402 g/mol. The number of thiazole rings is 1. The summed E-state index contributed by atoms with van der Waals surface area (Å²) >= 11 is 3.04. The average molecular weight is 403 g/mol. The van der Waals surface area contributed by atoms with E-state index in [0.29, 0.717) is 5.69 Å². The van der Waals surface area contributed by atoms with Crippen molar-refractivity contribution in [1.82, 2.24) is 9.97 Å². The molecule has 0 bridgehead atoms. The molecule has 28 heavy (non-hydrogen) atoms. The van der Waals surface area contributed by atoms with E-state index in [2.05, 4.69) is 17.1 Å². The first-order chi connectivity index (χ1) is 13.8. The quantitative estimate of drug-likeness (QED) is 0.276. The topological polar surface area (TPSA) is 52.1 Å². The fourth-order valence-corrected chi connectivity index (χ4v) is 4.68. The van der Waals surface area contributed by atoms with Crippen LogP contribution in [0.4, 0.5) is 0 Å². The molecule has 0 aliphatic rings. The third kappa shape index (κ3) is 3.06. The Kier molecular flexibility index (Phi) is 4.35. The van der Waals surface area contributed by atoms with Crippen LogP contribution in [0.25, 0.3) is 32.2 Å². The van der Waals surface area contributed by atoms with Gasteiger partial charge in [-0.2, -0.15) is 11.3 Å². The molecule has 136 valence electrons. The maximum absolute atomic E-state index is 12.5. The number of carbonyl (C=O) groups is 1. The van der Waals surface area contributed by atoms with Crippen LogP contribution >= 0.6 is 22.7 Å². The maximum atomic E-state index is 12.5. The van der Waals surface area contributed by atoms with Gasteiger partial charge in [-0.3, -0.25) is 0 Å². The Morgan fingerprint density at radius 1 is 0.893 bits per heavy atom. The molecule has 0 saturated heterocycles. The van der Waals surface area contributed by atoms with E-state index in [4.69, 9.17) is 9.72 Å². The van der Waals surface area contributed by atoms with Crippen LogP contribution in [-0.4, -0.2) is 15.9 Å². The first-order valence-electron chi connectivity index (χ1n) is 8.71. The van der Waals surface area contributed by atoms with Gasteiger partial charge < -0.3 is 4.74 Å². The van der Waals surface area contributed by atoms with Crippen LogP contribution in [0.3, 0.4) is 0 Å². The predicted molar refractivity (Wildman–Crippen MR) is 114 cm³/mol. The van der Waals surface area contributed by atoms with Crippen molar-refractivity contribution in [2.24, 2.45) is 0 Å². The molecule has 0 aliphatic carbocycles. The van der Waals surface area contributed by atoms with Gasteiger partial charge in [-0.25, -0.2) is 14.8 Å². The summed E-state index contributed by atoms with van der Waals surface area (Å²) < 4.78 is 5.55. The van der Waals surface area contributed by atoms with Gasteiger partial charge in [-0.15, -0.1) is 11.3 Å². The van der Waals surface area contributed by atoms with Crippen molar-refractivity contribution in [3.05, 3.63) is 82.1 Å². The number of aromatic nitrogens is 2. The van der Waals surface area contributed by atoms with Gasteiger partial charge in [0.25, 0.3) is 0 Å². The third-order valence-corrected chi connectivity index (χ3v) is 6.08. The molecule has 3 heterocycles. The van der Waals surface area contributed by atoms with Crippen LogP contribution in [0.2, 0.25) is 0 Å². The molecule has 4 nitrogen and oxygen atoms in total. The van der Waals surface area contributed by atoms with E-state index in [0.717, 1.165) is 37.9 Å². The van der Waals surface area contributed by atoms with Gasteiger partial charge in [0.05, 0.1) is 11.2 Å². The summed E-state index contributed by atoms with van der Waals surface area (Å²) in [6.07, 6.45) is 0. The van der Waals surface area contributed by atoms with Crippen LogP contribution in [-0.2, 0) is 11.3 Å². The standard InChI is InChI=1S/C22H14N2O2S2/c25-22(20-13-28-21(24-20)14-9-10-27-12-14)26-11-19-17-7-2-1-5-15(17)16-6-3-4-8-18(16)23-19/h1-10,12-13H,11H2. The van der Waals surface area contributed by atoms with Gasteiger partial charge in [0.15, 0.2) is 5.69 Å². The highest BCUT2D eigenvalue weighted by molar-refractivity contribution is 7.14. The number of fused-ring (bicyclic) bond motifs is 3. The number of para-hydroxylation sites is 1. The Morgan fingerprint density at radius 3 is 2.50 bits per heavy atom. The van der Waals surface area contributed by atoms with Gasteiger partial charge in [-0.05, 0) is 22.9 Å². The zero-order valence-corrected chi connectivity index (χ0v) is 16.3. The Labute approximate surface area is 169 Å². The van der Waals surface area contributed by atoms with Crippen LogP contribution in [0, 0.1) is 0 Å². The summed E-state index contributed by atoms with van der Waals surface area (Å²) in [7, 11) is 0. The highest BCUT2D eigenvalue weighted by Crippen LogP contribution is 2.28. The van der Waals surface area contributed by atoms with Gasteiger partial charge in [0, 0.05) is 27.1 Å². The molecule has 6 heteroatoms. The lowest BCUT2D eigenvalue weighted by molar-refractivity contribution is 0.0464. The van der Waals surface area contributed by atoms with Crippen molar-refractivity contribution in [3.8, 4) is 10.6 Å². The Bertz CT molecular complexity index is 1290. The van der Waals surface area contributed by atoms with Crippen molar-refractivity contribution >= 4 is 50.3 Å². The number of hydrogen-bond acceptors (Lipinski definition) is 6. The molecule has 0 radical (unpaired) electrons. The van der Waals surface area contributed by atoms with Crippen LogP contribution < -0.4 is 0 Å². The molecule has 3 aromatic heterocycles. The molecule has 0 N–H and O–H groups in total. The highest BCUT2D eigenvalue weighted by atomic mass is 32.1. The SMILES string of the molecule is O=C(OCc1nc2ccccc2c2ccccc12)c1csc(-c2ccsc2)n1. The Balaban J connectivity index is 1.43. The van der Waals surface area contributed by atoms with Crippen molar-refractivity contribution in [2.45, 2.75) is 6.61 Å². The summed E-state index contributed by atoms with van der Waals surface area (Å²) in [6, 6.07) is 18.0. The number of nitrogens with zero attached hydrogens (tertiary/aromatic N) is 2.